The number of aromatic nitrogens is 1. The fourth-order valence-corrected chi connectivity index (χ4v) is 2.20. The van der Waals surface area contributed by atoms with Crippen molar-refractivity contribution in [3.05, 3.63) is 24.0 Å². The van der Waals surface area contributed by atoms with Crippen LogP contribution >= 0.6 is 0 Å². The van der Waals surface area contributed by atoms with Gasteiger partial charge in [-0.1, -0.05) is 0 Å². The molecule has 2 heterocycles. The van der Waals surface area contributed by atoms with Crippen LogP contribution in [0.1, 0.15) is 32.5 Å². The Morgan fingerprint density at radius 3 is 2.95 bits per heavy atom. The van der Waals surface area contributed by atoms with Gasteiger partial charge in [-0.05, 0) is 32.9 Å². The van der Waals surface area contributed by atoms with Crippen molar-refractivity contribution in [1.29, 1.82) is 0 Å². The number of nitrogens with zero attached hydrogens (tertiary/aromatic N) is 2. The van der Waals surface area contributed by atoms with Gasteiger partial charge in [-0.25, -0.2) is 4.79 Å². The van der Waals surface area contributed by atoms with Crippen molar-refractivity contribution in [2.75, 3.05) is 25.4 Å². The van der Waals surface area contributed by atoms with Gasteiger partial charge >= 0.3 is 6.09 Å². The summed E-state index contributed by atoms with van der Waals surface area (Å²) in [4.78, 5) is 18.3. The van der Waals surface area contributed by atoms with Crippen LogP contribution < -0.4 is 11.1 Å². The van der Waals surface area contributed by atoms with Crippen molar-refractivity contribution >= 4 is 11.8 Å². The monoisotopic (exact) mass is 278 g/mol. The maximum Gasteiger partial charge on any atom is 0.410 e. The number of amides is 1. The number of rotatable bonds is 1. The van der Waals surface area contributed by atoms with Crippen LogP contribution in [0.15, 0.2) is 18.3 Å². The number of piperazine rings is 1. The highest BCUT2D eigenvalue weighted by atomic mass is 16.6. The van der Waals surface area contributed by atoms with Gasteiger partial charge in [-0.15, -0.1) is 0 Å². The van der Waals surface area contributed by atoms with E-state index in [1.54, 1.807) is 23.2 Å². The molecule has 1 saturated heterocycles. The fourth-order valence-electron chi connectivity index (χ4n) is 2.20. The lowest BCUT2D eigenvalue weighted by atomic mass is 10.1. The molecule has 0 radical (unpaired) electrons. The fraction of sp³-hybridized carbons (Fsp3) is 0.571. The second kappa shape index (κ2) is 5.66. The van der Waals surface area contributed by atoms with E-state index in [-0.39, 0.29) is 12.1 Å². The van der Waals surface area contributed by atoms with Crippen LogP contribution in [0.3, 0.4) is 0 Å². The summed E-state index contributed by atoms with van der Waals surface area (Å²) in [5.74, 6) is 0. The minimum absolute atomic E-state index is 0.195. The topological polar surface area (TPSA) is 80.5 Å². The van der Waals surface area contributed by atoms with Gasteiger partial charge in [0.25, 0.3) is 0 Å². The molecule has 0 aromatic carbocycles. The summed E-state index contributed by atoms with van der Waals surface area (Å²) in [5.41, 5.74) is 6.77. The van der Waals surface area contributed by atoms with Crippen molar-refractivity contribution < 1.29 is 9.53 Å². The standard InChI is InChI=1S/C14H22N4O2/c1-14(2,3)20-13(19)18-8-7-16-9-11(18)12-10(15)5-4-6-17-12/h4-6,11,16H,7-9,15H2,1-3H3. The summed E-state index contributed by atoms with van der Waals surface area (Å²) in [5, 5.41) is 3.26. The van der Waals surface area contributed by atoms with Crippen LogP contribution in [0, 0.1) is 0 Å². The number of carbonyl (C=O) groups is 1. The first kappa shape index (κ1) is 14.6. The molecule has 6 heteroatoms. The number of carbonyl (C=O) groups excluding carboxylic acids is 1. The van der Waals surface area contributed by atoms with E-state index in [0.29, 0.717) is 24.5 Å². The molecule has 3 N–H and O–H groups in total. The third-order valence-electron chi connectivity index (χ3n) is 3.06. The molecule has 0 saturated carbocycles. The number of anilines is 1. The maximum absolute atomic E-state index is 12.3. The van der Waals surface area contributed by atoms with Gasteiger partial charge in [-0.3, -0.25) is 9.88 Å². The second-order valence-electron chi connectivity index (χ2n) is 5.87. The van der Waals surface area contributed by atoms with Gasteiger partial charge in [0.2, 0.25) is 0 Å². The molecule has 0 spiro atoms. The van der Waals surface area contributed by atoms with E-state index in [2.05, 4.69) is 10.3 Å². The molecule has 1 amide bonds. The highest BCUT2D eigenvalue weighted by molar-refractivity contribution is 5.69. The Labute approximate surface area is 119 Å². The Balaban J connectivity index is 2.22. The Hall–Kier alpha value is -1.82. The first-order valence-corrected chi connectivity index (χ1v) is 6.79. The zero-order chi connectivity index (χ0) is 14.8. The van der Waals surface area contributed by atoms with E-state index in [9.17, 15) is 4.79 Å². The molecule has 1 aliphatic rings. The Kier molecular flexibility index (Phi) is 4.13. The molecule has 1 aromatic rings. The van der Waals surface area contributed by atoms with Crippen molar-refractivity contribution in [2.24, 2.45) is 0 Å². The summed E-state index contributed by atoms with van der Waals surface area (Å²) in [6, 6.07) is 3.39. The zero-order valence-electron chi connectivity index (χ0n) is 12.2. The predicted molar refractivity (Wildman–Crippen MR) is 77.2 cm³/mol. The van der Waals surface area contributed by atoms with E-state index in [0.717, 1.165) is 6.54 Å². The molecular weight excluding hydrogens is 256 g/mol. The molecule has 0 bridgehead atoms. The van der Waals surface area contributed by atoms with Crippen LogP contribution in [0.4, 0.5) is 10.5 Å². The SMILES string of the molecule is CC(C)(C)OC(=O)N1CCNCC1c1ncccc1N. The minimum atomic E-state index is -0.512. The molecule has 1 atom stereocenters. The number of hydrogen-bond donors (Lipinski definition) is 2. The van der Waals surface area contributed by atoms with Gasteiger partial charge in [-0.2, -0.15) is 0 Å². The number of pyridine rings is 1. The van der Waals surface area contributed by atoms with Gasteiger partial charge < -0.3 is 15.8 Å². The minimum Gasteiger partial charge on any atom is -0.444 e. The lowest BCUT2D eigenvalue weighted by molar-refractivity contribution is 0.0114. The largest absolute Gasteiger partial charge is 0.444 e. The van der Waals surface area contributed by atoms with Crippen LogP contribution in [0.25, 0.3) is 0 Å². The average molecular weight is 278 g/mol. The van der Waals surface area contributed by atoms with Crippen LogP contribution in [0.5, 0.6) is 0 Å². The summed E-state index contributed by atoms with van der Waals surface area (Å²) < 4.78 is 5.46. The van der Waals surface area contributed by atoms with Crippen LogP contribution in [-0.2, 0) is 4.74 Å². The Morgan fingerprint density at radius 1 is 1.55 bits per heavy atom. The van der Waals surface area contributed by atoms with Crippen molar-refractivity contribution in [3.8, 4) is 0 Å². The Bertz CT molecular complexity index is 484. The number of hydrogen-bond acceptors (Lipinski definition) is 5. The normalized spacial score (nSPS) is 19.8. The zero-order valence-corrected chi connectivity index (χ0v) is 12.2. The molecule has 1 unspecified atom stereocenters. The predicted octanol–water partition coefficient (Wildman–Crippen LogP) is 1.55. The molecule has 1 aromatic heterocycles. The third-order valence-corrected chi connectivity index (χ3v) is 3.06. The van der Waals surface area contributed by atoms with E-state index < -0.39 is 5.60 Å². The third kappa shape index (κ3) is 3.39. The first-order valence-electron chi connectivity index (χ1n) is 6.79. The molecular formula is C14H22N4O2. The highest BCUT2D eigenvalue weighted by Crippen LogP contribution is 2.26. The number of nitrogens with one attached hydrogen (secondary N) is 1. The highest BCUT2D eigenvalue weighted by Gasteiger charge is 2.32. The molecule has 110 valence electrons. The summed E-state index contributed by atoms with van der Waals surface area (Å²) >= 11 is 0. The average Bonchev–Trinajstić information content (AvgIpc) is 2.37. The number of nitrogen functional groups attached to an aromatic ring is 1. The summed E-state index contributed by atoms with van der Waals surface area (Å²) in [6.07, 6.45) is 1.36. The number of nitrogens with two attached hydrogens (primary N) is 1. The van der Waals surface area contributed by atoms with E-state index in [1.165, 1.54) is 0 Å². The van der Waals surface area contributed by atoms with E-state index >= 15 is 0 Å². The van der Waals surface area contributed by atoms with Crippen LogP contribution in [-0.4, -0.2) is 41.2 Å². The van der Waals surface area contributed by atoms with Gasteiger partial charge in [0, 0.05) is 25.8 Å². The quantitative estimate of drug-likeness (QED) is 0.814. The second-order valence-corrected chi connectivity index (χ2v) is 5.87. The molecule has 6 nitrogen and oxygen atoms in total. The van der Waals surface area contributed by atoms with E-state index in [4.69, 9.17) is 10.5 Å². The molecule has 2 rings (SSSR count). The van der Waals surface area contributed by atoms with Crippen molar-refractivity contribution in [1.82, 2.24) is 15.2 Å². The summed E-state index contributed by atoms with van der Waals surface area (Å²) in [7, 11) is 0. The maximum atomic E-state index is 12.3. The first-order chi connectivity index (χ1) is 9.38. The summed E-state index contributed by atoms with van der Waals surface area (Å²) in [6.45, 7) is 7.52. The molecule has 1 aliphatic heterocycles. The Morgan fingerprint density at radius 2 is 2.30 bits per heavy atom. The molecule has 0 aliphatic carbocycles. The smallest absolute Gasteiger partial charge is 0.410 e. The molecule has 1 fully saturated rings. The van der Waals surface area contributed by atoms with Gasteiger partial charge in [0.1, 0.15) is 5.60 Å². The molecule has 20 heavy (non-hydrogen) atoms. The van der Waals surface area contributed by atoms with E-state index in [1.807, 2.05) is 20.8 Å². The van der Waals surface area contributed by atoms with Gasteiger partial charge in [0.15, 0.2) is 0 Å². The van der Waals surface area contributed by atoms with Crippen molar-refractivity contribution in [2.45, 2.75) is 32.4 Å². The van der Waals surface area contributed by atoms with Crippen LogP contribution in [0.2, 0.25) is 0 Å². The van der Waals surface area contributed by atoms with Gasteiger partial charge in [0.05, 0.1) is 17.4 Å². The van der Waals surface area contributed by atoms with Crippen molar-refractivity contribution in [3.63, 3.8) is 0 Å². The lowest BCUT2D eigenvalue weighted by Crippen LogP contribution is -2.50. The lowest BCUT2D eigenvalue weighted by Gasteiger charge is -2.37. The number of ether oxygens (including phenoxy) is 1.